The van der Waals surface area contributed by atoms with Gasteiger partial charge in [-0.05, 0) is 57.4 Å². The molecule has 0 aromatic heterocycles. The number of nitrogens with one attached hydrogen (secondary N) is 2. The summed E-state index contributed by atoms with van der Waals surface area (Å²) in [6.45, 7) is 0. The first-order chi connectivity index (χ1) is 14.4. The standard InChI is InChI=1S/C22H34N4O4/c1-29-19-12-20(30-2)18(22(28)26-16-9-5-14(24)6-10-16)11-17(19)21(27)25-15-7-3-13(23)4-8-15/h11-16H,3-10,23-24H2,1-2H3,(H,25,27)(H,26,28). The van der Waals surface area contributed by atoms with Gasteiger partial charge in [0, 0.05) is 30.2 Å². The molecule has 30 heavy (non-hydrogen) atoms. The van der Waals surface area contributed by atoms with E-state index in [1.165, 1.54) is 14.2 Å². The van der Waals surface area contributed by atoms with Crippen molar-refractivity contribution in [3.8, 4) is 11.5 Å². The summed E-state index contributed by atoms with van der Waals surface area (Å²) in [5, 5.41) is 6.12. The highest BCUT2D eigenvalue weighted by Gasteiger charge is 2.26. The van der Waals surface area contributed by atoms with Gasteiger partial charge in [0.1, 0.15) is 11.5 Å². The van der Waals surface area contributed by atoms with Gasteiger partial charge in [-0.15, -0.1) is 0 Å². The average molecular weight is 419 g/mol. The van der Waals surface area contributed by atoms with Crippen LogP contribution in [-0.2, 0) is 0 Å². The summed E-state index contributed by atoms with van der Waals surface area (Å²) in [5.74, 6) is 0.231. The molecule has 2 aliphatic rings. The van der Waals surface area contributed by atoms with Crippen LogP contribution in [0.2, 0.25) is 0 Å². The van der Waals surface area contributed by atoms with Gasteiger partial charge in [-0.2, -0.15) is 0 Å². The van der Waals surface area contributed by atoms with Gasteiger partial charge in [0.2, 0.25) is 0 Å². The van der Waals surface area contributed by atoms with Gasteiger partial charge in [-0.25, -0.2) is 0 Å². The SMILES string of the molecule is COc1cc(OC)c(C(=O)NC2CCC(N)CC2)cc1C(=O)NC1CCC(N)CC1. The lowest BCUT2D eigenvalue weighted by Crippen LogP contribution is -2.41. The lowest BCUT2D eigenvalue weighted by Gasteiger charge is -2.28. The Bertz CT molecular complexity index is 694. The molecule has 0 saturated heterocycles. The Morgan fingerprint density at radius 2 is 1.10 bits per heavy atom. The van der Waals surface area contributed by atoms with Crippen LogP contribution < -0.4 is 31.6 Å². The zero-order valence-corrected chi connectivity index (χ0v) is 17.9. The molecule has 8 heteroatoms. The van der Waals surface area contributed by atoms with E-state index in [0.717, 1.165) is 51.4 Å². The highest BCUT2D eigenvalue weighted by molar-refractivity contribution is 6.03. The zero-order chi connectivity index (χ0) is 21.7. The van der Waals surface area contributed by atoms with Crippen molar-refractivity contribution < 1.29 is 19.1 Å². The summed E-state index contributed by atoms with van der Waals surface area (Å²) in [4.78, 5) is 25.9. The summed E-state index contributed by atoms with van der Waals surface area (Å²) in [6.07, 6.45) is 6.97. The summed E-state index contributed by atoms with van der Waals surface area (Å²) in [5.41, 5.74) is 12.6. The largest absolute Gasteiger partial charge is 0.496 e. The molecule has 1 aromatic rings. The summed E-state index contributed by atoms with van der Waals surface area (Å²) in [6, 6.07) is 3.72. The predicted molar refractivity (Wildman–Crippen MR) is 115 cm³/mol. The van der Waals surface area contributed by atoms with Crippen molar-refractivity contribution in [1.82, 2.24) is 10.6 Å². The molecule has 2 aliphatic carbocycles. The molecule has 2 fully saturated rings. The maximum absolute atomic E-state index is 13.0. The number of methoxy groups -OCH3 is 2. The van der Waals surface area contributed by atoms with Crippen molar-refractivity contribution in [3.63, 3.8) is 0 Å². The van der Waals surface area contributed by atoms with E-state index in [-0.39, 0.29) is 36.0 Å². The molecule has 0 radical (unpaired) electrons. The van der Waals surface area contributed by atoms with Crippen LogP contribution in [0.25, 0.3) is 0 Å². The highest BCUT2D eigenvalue weighted by atomic mass is 16.5. The van der Waals surface area contributed by atoms with Crippen LogP contribution in [0.15, 0.2) is 12.1 Å². The van der Waals surface area contributed by atoms with Crippen molar-refractivity contribution >= 4 is 11.8 Å². The molecular weight excluding hydrogens is 384 g/mol. The van der Waals surface area contributed by atoms with Gasteiger partial charge in [-0.1, -0.05) is 0 Å². The van der Waals surface area contributed by atoms with Crippen LogP contribution in [0.5, 0.6) is 11.5 Å². The molecule has 0 heterocycles. The molecule has 1 aromatic carbocycles. The maximum atomic E-state index is 13.0. The molecule has 0 unspecified atom stereocenters. The van der Waals surface area contributed by atoms with Crippen LogP contribution in [0.1, 0.15) is 72.1 Å². The Labute approximate surface area is 178 Å². The molecular formula is C22H34N4O4. The minimum Gasteiger partial charge on any atom is -0.496 e. The maximum Gasteiger partial charge on any atom is 0.255 e. The first-order valence-electron chi connectivity index (χ1n) is 10.8. The van der Waals surface area contributed by atoms with E-state index in [2.05, 4.69) is 10.6 Å². The number of rotatable bonds is 6. The molecule has 8 nitrogen and oxygen atoms in total. The number of ether oxygens (including phenoxy) is 2. The molecule has 0 aliphatic heterocycles. The fourth-order valence-corrected chi connectivity index (χ4v) is 4.31. The van der Waals surface area contributed by atoms with Crippen molar-refractivity contribution in [2.45, 2.75) is 75.5 Å². The monoisotopic (exact) mass is 418 g/mol. The number of carbonyl (C=O) groups is 2. The average Bonchev–Trinajstić information content (AvgIpc) is 2.75. The van der Waals surface area contributed by atoms with Gasteiger partial charge in [0.25, 0.3) is 11.8 Å². The first kappa shape index (κ1) is 22.4. The molecule has 0 spiro atoms. The Kier molecular flexibility index (Phi) is 7.55. The van der Waals surface area contributed by atoms with Crippen LogP contribution in [-0.4, -0.2) is 50.2 Å². The zero-order valence-electron chi connectivity index (χ0n) is 17.9. The minimum atomic E-state index is -0.257. The van der Waals surface area contributed by atoms with Crippen LogP contribution >= 0.6 is 0 Å². The second-order valence-electron chi connectivity index (χ2n) is 8.42. The fraction of sp³-hybridized carbons (Fsp3) is 0.636. The van der Waals surface area contributed by atoms with E-state index in [1.807, 2.05) is 0 Å². The lowest BCUT2D eigenvalue weighted by atomic mass is 9.91. The van der Waals surface area contributed by atoms with Gasteiger partial charge < -0.3 is 31.6 Å². The predicted octanol–water partition coefficient (Wildman–Crippen LogP) is 1.70. The van der Waals surface area contributed by atoms with Crippen molar-refractivity contribution in [1.29, 1.82) is 0 Å². The van der Waals surface area contributed by atoms with Crippen molar-refractivity contribution in [2.75, 3.05) is 14.2 Å². The van der Waals surface area contributed by atoms with Crippen LogP contribution in [0.3, 0.4) is 0 Å². The third kappa shape index (κ3) is 5.43. The van der Waals surface area contributed by atoms with E-state index in [9.17, 15) is 9.59 Å². The molecule has 6 N–H and O–H groups in total. The van der Waals surface area contributed by atoms with Gasteiger partial charge in [0.05, 0.1) is 25.3 Å². The number of amides is 2. The second kappa shape index (κ2) is 10.1. The number of hydrogen-bond acceptors (Lipinski definition) is 6. The molecule has 2 saturated carbocycles. The van der Waals surface area contributed by atoms with E-state index < -0.39 is 0 Å². The van der Waals surface area contributed by atoms with Crippen molar-refractivity contribution in [2.24, 2.45) is 11.5 Å². The first-order valence-corrected chi connectivity index (χ1v) is 10.8. The topological polar surface area (TPSA) is 129 Å². The van der Waals surface area contributed by atoms with Gasteiger partial charge in [-0.3, -0.25) is 9.59 Å². The minimum absolute atomic E-state index is 0.0767. The normalized spacial score (nSPS) is 26.5. The van der Waals surface area contributed by atoms with Gasteiger partial charge >= 0.3 is 0 Å². The second-order valence-corrected chi connectivity index (χ2v) is 8.42. The summed E-state index contributed by atoms with van der Waals surface area (Å²) >= 11 is 0. The molecule has 3 rings (SSSR count). The van der Waals surface area contributed by atoms with Crippen LogP contribution in [0.4, 0.5) is 0 Å². The Balaban J connectivity index is 1.77. The highest BCUT2D eigenvalue weighted by Crippen LogP contribution is 2.30. The quantitative estimate of drug-likeness (QED) is 0.557. The van der Waals surface area contributed by atoms with E-state index in [0.29, 0.717) is 22.6 Å². The molecule has 2 amide bonds. The summed E-state index contributed by atoms with van der Waals surface area (Å²) in [7, 11) is 2.99. The molecule has 0 bridgehead atoms. The van der Waals surface area contributed by atoms with E-state index in [4.69, 9.17) is 20.9 Å². The fourth-order valence-electron chi connectivity index (χ4n) is 4.31. The number of carbonyl (C=O) groups excluding carboxylic acids is 2. The lowest BCUT2D eigenvalue weighted by molar-refractivity contribution is 0.0922. The van der Waals surface area contributed by atoms with E-state index >= 15 is 0 Å². The van der Waals surface area contributed by atoms with Crippen LogP contribution in [0, 0.1) is 0 Å². The Morgan fingerprint density at radius 3 is 1.43 bits per heavy atom. The summed E-state index contributed by atoms with van der Waals surface area (Å²) < 4.78 is 10.8. The smallest absolute Gasteiger partial charge is 0.255 e. The third-order valence-corrected chi connectivity index (χ3v) is 6.22. The van der Waals surface area contributed by atoms with Crippen molar-refractivity contribution in [3.05, 3.63) is 23.3 Å². The number of nitrogens with two attached hydrogens (primary N) is 2. The Hall–Kier alpha value is -2.32. The third-order valence-electron chi connectivity index (χ3n) is 6.22. The Morgan fingerprint density at radius 1 is 0.733 bits per heavy atom. The number of hydrogen-bond donors (Lipinski definition) is 4. The van der Waals surface area contributed by atoms with E-state index in [1.54, 1.807) is 12.1 Å². The number of benzene rings is 1. The molecule has 166 valence electrons. The molecule has 0 atom stereocenters. The van der Waals surface area contributed by atoms with Gasteiger partial charge in [0.15, 0.2) is 0 Å².